The van der Waals surface area contributed by atoms with Gasteiger partial charge in [-0.1, -0.05) is 0 Å². The summed E-state index contributed by atoms with van der Waals surface area (Å²) in [5.74, 6) is -1.87. The van der Waals surface area contributed by atoms with Gasteiger partial charge in [0.25, 0.3) is 0 Å². The van der Waals surface area contributed by atoms with Crippen LogP contribution in [0.15, 0.2) is 23.1 Å². The van der Waals surface area contributed by atoms with Crippen LogP contribution in [-0.4, -0.2) is 22.4 Å². The fraction of sp³-hybridized carbons (Fsp3) is 0.333. The Morgan fingerprint density at radius 3 is 2.44 bits per heavy atom. The first-order chi connectivity index (χ1) is 7.34. The maximum absolute atomic E-state index is 12.6. The number of hydrogen-bond acceptors (Lipinski definition) is 2. The third-order valence-electron chi connectivity index (χ3n) is 1.70. The average molecular weight is 275 g/mol. The molecule has 0 spiro atoms. The highest BCUT2D eigenvalue weighted by Crippen LogP contribution is 2.39. The van der Waals surface area contributed by atoms with E-state index in [9.17, 15) is 22.7 Å². The van der Waals surface area contributed by atoms with Crippen LogP contribution < -0.4 is 0 Å². The molecule has 0 aliphatic rings. The van der Waals surface area contributed by atoms with Gasteiger partial charge < -0.3 is 5.11 Å². The Balaban J connectivity index is 2.86. The Morgan fingerprint density at radius 2 is 2.00 bits per heavy atom. The van der Waals surface area contributed by atoms with Crippen LogP contribution in [0.1, 0.15) is 0 Å². The van der Waals surface area contributed by atoms with Crippen molar-refractivity contribution in [1.29, 1.82) is 0 Å². The van der Waals surface area contributed by atoms with Crippen LogP contribution in [-0.2, 0) is 0 Å². The van der Waals surface area contributed by atoms with Gasteiger partial charge in [0.2, 0.25) is 0 Å². The number of benzene rings is 1. The summed E-state index contributed by atoms with van der Waals surface area (Å²) in [5.41, 5.74) is 0. The lowest BCUT2D eigenvalue weighted by Crippen LogP contribution is -2.27. The molecule has 1 unspecified atom stereocenters. The van der Waals surface area contributed by atoms with Crippen LogP contribution in [0, 0.1) is 5.82 Å². The first-order valence-electron chi connectivity index (χ1n) is 4.12. The summed E-state index contributed by atoms with van der Waals surface area (Å²) in [6.45, 7) is 0. The molecular weight excluding hydrogens is 268 g/mol. The summed E-state index contributed by atoms with van der Waals surface area (Å²) in [6, 6.07) is 2.81. The second-order valence-corrected chi connectivity index (χ2v) is 4.47. The predicted molar refractivity (Wildman–Crippen MR) is 54.5 cm³/mol. The van der Waals surface area contributed by atoms with E-state index in [2.05, 4.69) is 0 Å². The van der Waals surface area contributed by atoms with Crippen LogP contribution >= 0.6 is 23.4 Å². The summed E-state index contributed by atoms with van der Waals surface area (Å²) >= 11 is 5.55. The summed E-state index contributed by atoms with van der Waals surface area (Å²) in [4.78, 5) is -0.0515. The maximum atomic E-state index is 12.6. The highest BCUT2D eigenvalue weighted by atomic mass is 35.5. The number of phenols is 1. The van der Waals surface area contributed by atoms with Crippen molar-refractivity contribution in [2.24, 2.45) is 0 Å². The Morgan fingerprint density at radius 1 is 1.38 bits per heavy atom. The van der Waals surface area contributed by atoms with E-state index in [0.717, 1.165) is 18.2 Å². The van der Waals surface area contributed by atoms with E-state index in [0.29, 0.717) is 11.8 Å². The molecule has 1 rings (SSSR count). The van der Waals surface area contributed by atoms with Crippen molar-refractivity contribution >= 4 is 23.4 Å². The summed E-state index contributed by atoms with van der Waals surface area (Å²) < 4.78 is 49.7. The van der Waals surface area contributed by atoms with Gasteiger partial charge in [0.1, 0.15) is 16.8 Å². The van der Waals surface area contributed by atoms with Crippen molar-refractivity contribution in [3.8, 4) is 5.75 Å². The summed E-state index contributed by atoms with van der Waals surface area (Å²) in [7, 11) is 0. The molecule has 1 aromatic carbocycles. The van der Waals surface area contributed by atoms with Gasteiger partial charge in [-0.2, -0.15) is 13.2 Å². The van der Waals surface area contributed by atoms with E-state index in [4.69, 9.17) is 11.6 Å². The molecule has 0 saturated carbocycles. The standard InChI is InChI=1S/C9H7ClF4OS/c10-4-8(9(12,13)14)16-7-2-1-5(11)3-6(7)15/h1-3,8,15H,4H2. The third kappa shape index (κ3) is 3.45. The summed E-state index contributed by atoms with van der Waals surface area (Å²) in [6.07, 6.45) is -4.47. The fourth-order valence-corrected chi connectivity index (χ4v) is 2.12. The highest BCUT2D eigenvalue weighted by molar-refractivity contribution is 8.00. The largest absolute Gasteiger partial charge is 0.507 e. The monoisotopic (exact) mass is 274 g/mol. The van der Waals surface area contributed by atoms with Gasteiger partial charge >= 0.3 is 6.18 Å². The number of hydrogen-bond donors (Lipinski definition) is 1. The lowest BCUT2D eigenvalue weighted by Gasteiger charge is -2.17. The van der Waals surface area contributed by atoms with E-state index in [1.165, 1.54) is 0 Å². The van der Waals surface area contributed by atoms with Gasteiger partial charge in [0.05, 0.1) is 0 Å². The molecule has 1 N–H and O–H groups in total. The molecule has 90 valence electrons. The van der Waals surface area contributed by atoms with Crippen molar-refractivity contribution < 1.29 is 22.7 Å². The van der Waals surface area contributed by atoms with Crippen LogP contribution in [0.4, 0.5) is 17.6 Å². The number of rotatable bonds is 3. The van der Waals surface area contributed by atoms with Gasteiger partial charge in [-0.3, -0.25) is 0 Å². The molecule has 7 heteroatoms. The van der Waals surface area contributed by atoms with Gasteiger partial charge in [0, 0.05) is 16.8 Å². The molecule has 1 atom stereocenters. The molecular formula is C9H7ClF4OS. The quantitative estimate of drug-likeness (QED) is 0.514. The number of thioether (sulfide) groups is 1. The normalized spacial score (nSPS) is 13.8. The van der Waals surface area contributed by atoms with Crippen LogP contribution in [0.3, 0.4) is 0 Å². The van der Waals surface area contributed by atoms with E-state index >= 15 is 0 Å². The molecule has 16 heavy (non-hydrogen) atoms. The molecule has 0 heterocycles. The minimum absolute atomic E-state index is 0.0515. The average Bonchev–Trinajstić information content (AvgIpc) is 2.14. The van der Waals surface area contributed by atoms with Crippen LogP contribution in [0.2, 0.25) is 0 Å². The molecule has 0 bridgehead atoms. The second-order valence-electron chi connectivity index (χ2n) is 2.91. The smallest absolute Gasteiger partial charge is 0.402 e. The molecule has 0 aromatic heterocycles. The first kappa shape index (κ1) is 13.4. The Kier molecular flexibility index (Phi) is 4.32. The zero-order valence-corrected chi connectivity index (χ0v) is 9.33. The van der Waals surface area contributed by atoms with E-state index in [1.54, 1.807) is 0 Å². The SMILES string of the molecule is Oc1cc(F)ccc1SC(CCl)C(F)(F)F. The molecule has 0 aliphatic heterocycles. The number of halogens is 5. The first-order valence-corrected chi connectivity index (χ1v) is 5.54. The van der Waals surface area contributed by atoms with E-state index < -0.39 is 28.9 Å². The zero-order valence-electron chi connectivity index (χ0n) is 7.76. The van der Waals surface area contributed by atoms with Crippen molar-refractivity contribution in [3.05, 3.63) is 24.0 Å². The van der Waals surface area contributed by atoms with Crippen molar-refractivity contribution in [3.63, 3.8) is 0 Å². The Hall–Kier alpha value is -0.620. The predicted octanol–water partition coefficient (Wildman–Crippen LogP) is 3.79. The van der Waals surface area contributed by atoms with Gasteiger partial charge in [-0.25, -0.2) is 4.39 Å². The number of alkyl halides is 4. The molecule has 0 fully saturated rings. The lowest BCUT2D eigenvalue weighted by atomic mass is 10.3. The third-order valence-corrected chi connectivity index (χ3v) is 3.50. The second kappa shape index (κ2) is 5.14. The number of aromatic hydroxyl groups is 1. The topological polar surface area (TPSA) is 20.2 Å². The molecule has 0 saturated heterocycles. The van der Waals surface area contributed by atoms with E-state index in [1.807, 2.05) is 0 Å². The Bertz CT molecular complexity index is 369. The molecule has 0 amide bonds. The van der Waals surface area contributed by atoms with Gasteiger partial charge in [0.15, 0.2) is 0 Å². The summed E-state index contributed by atoms with van der Waals surface area (Å²) in [5, 5.41) is 7.40. The highest BCUT2D eigenvalue weighted by Gasteiger charge is 2.40. The fourth-order valence-electron chi connectivity index (χ4n) is 0.929. The minimum atomic E-state index is -4.47. The number of phenolic OH excluding ortho intramolecular Hbond substituents is 1. The van der Waals surface area contributed by atoms with E-state index in [-0.39, 0.29) is 4.90 Å². The molecule has 0 radical (unpaired) electrons. The molecule has 1 aromatic rings. The molecule has 1 nitrogen and oxygen atoms in total. The van der Waals surface area contributed by atoms with Crippen molar-refractivity contribution in [1.82, 2.24) is 0 Å². The van der Waals surface area contributed by atoms with Gasteiger partial charge in [-0.05, 0) is 12.1 Å². The van der Waals surface area contributed by atoms with Gasteiger partial charge in [-0.15, -0.1) is 23.4 Å². The maximum Gasteiger partial charge on any atom is 0.402 e. The lowest BCUT2D eigenvalue weighted by molar-refractivity contribution is -0.124. The zero-order chi connectivity index (χ0) is 12.3. The van der Waals surface area contributed by atoms with Crippen molar-refractivity contribution in [2.75, 3.05) is 5.88 Å². The Labute approximate surface area is 98.4 Å². The van der Waals surface area contributed by atoms with Crippen LogP contribution in [0.5, 0.6) is 5.75 Å². The molecule has 0 aliphatic carbocycles. The van der Waals surface area contributed by atoms with Crippen LogP contribution in [0.25, 0.3) is 0 Å². The van der Waals surface area contributed by atoms with Crippen molar-refractivity contribution in [2.45, 2.75) is 16.3 Å². The minimum Gasteiger partial charge on any atom is -0.507 e.